The number of rotatable bonds is 7. The molecule has 1 fully saturated rings. The van der Waals surface area contributed by atoms with Crippen LogP contribution < -0.4 is 15.0 Å². The number of piperidine rings is 1. The van der Waals surface area contributed by atoms with Gasteiger partial charge in [-0.25, -0.2) is 8.42 Å². The van der Waals surface area contributed by atoms with Crippen LogP contribution in [0.25, 0.3) is 0 Å². The first-order chi connectivity index (χ1) is 16.3. The summed E-state index contributed by atoms with van der Waals surface area (Å²) in [6.07, 6.45) is 3.41. The molecule has 2 heterocycles. The zero-order valence-corrected chi connectivity index (χ0v) is 20.4. The van der Waals surface area contributed by atoms with Gasteiger partial charge in [-0.3, -0.25) is 9.59 Å². The molecule has 9 heteroatoms. The Bertz CT molecular complexity index is 1180. The highest BCUT2D eigenvalue weighted by molar-refractivity contribution is 7.89. The number of nitrogens with zero attached hydrogens (tertiary/aromatic N) is 2. The standard InChI is InChI=1S/C25H31N3O5S/c1-3-33-23-10-5-4-9-21(23)26-24(29)17-27-22-13-12-20(16-19(22)11-14-25(27)30)34(31,32)28-15-7-6-8-18(28)2/h4-5,9-10,12-13,16,18H,3,6-8,11,14-15,17H2,1-2H3,(H,26,29). The maximum absolute atomic E-state index is 13.3. The quantitative estimate of drug-likeness (QED) is 0.647. The van der Waals surface area contributed by atoms with Crippen LogP contribution in [-0.4, -0.2) is 50.3 Å². The van der Waals surface area contributed by atoms with E-state index in [4.69, 9.17) is 4.74 Å². The number of para-hydroxylation sites is 2. The van der Waals surface area contributed by atoms with Crippen molar-refractivity contribution in [1.82, 2.24) is 4.31 Å². The predicted octanol–water partition coefficient (Wildman–Crippen LogP) is 3.57. The molecule has 2 aromatic carbocycles. The molecule has 182 valence electrons. The third-order valence-electron chi connectivity index (χ3n) is 6.36. The van der Waals surface area contributed by atoms with Crippen LogP contribution in [0.3, 0.4) is 0 Å². The van der Waals surface area contributed by atoms with Crippen LogP contribution in [-0.2, 0) is 26.0 Å². The number of fused-ring (bicyclic) bond motifs is 1. The van der Waals surface area contributed by atoms with Crippen molar-refractivity contribution in [2.24, 2.45) is 0 Å². The Labute approximate surface area is 200 Å². The molecule has 0 saturated carbocycles. The second-order valence-corrected chi connectivity index (χ2v) is 10.6. The van der Waals surface area contributed by atoms with Crippen molar-refractivity contribution in [3.63, 3.8) is 0 Å². The first kappa shape index (κ1) is 24.2. The van der Waals surface area contributed by atoms with Gasteiger partial charge in [0.2, 0.25) is 21.8 Å². The lowest BCUT2D eigenvalue weighted by atomic mass is 10.0. The number of aryl methyl sites for hydroxylation is 1. The van der Waals surface area contributed by atoms with E-state index in [1.165, 1.54) is 4.90 Å². The van der Waals surface area contributed by atoms with Gasteiger partial charge >= 0.3 is 0 Å². The molecule has 0 bridgehead atoms. The molecule has 8 nitrogen and oxygen atoms in total. The van der Waals surface area contributed by atoms with Gasteiger partial charge in [-0.1, -0.05) is 18.6 Å². The number of anilines is 2. The van der Waals surface area contributed by atoms with E-state index in [1.54, 1.807) is 40.7 Å². The third kappa shape index (κ3) is 4.95. The Morgan fingerprint density at radius 2 is 1.94 bits per heavy atom. The van der Waals surface area contributed by atoms with Gasteiger partial charge in [0.15, 0.2) is 0 Å². The van der Waals surface area contributed by atoms with Crippen LogP contribution in [0.5, 0.6) is 5.75 Å². The SMILES string of the molecule is CCOc1ccccc1NC(=O)CN1C(=O)CCc2cc(S(=O)(=O)N3CCCCC3C)ccc21. The minimum absolute atomic E-state index is 0.0314. The number of carbonyl (C=O) groups is 2. The lowest BCUT2D eigenvalue weighted by Crippen LogP contribution is -2.42. The number of amides is 2. The van der Waals surface area contributed by atoms with Crippen LogP contribution in [0.4, 0.5) is 11.4 Å². The molecule has 0 aliphatic carbocycles. The molecule has 0 aromatic heterocycles. The van der Waals surface area contributed by atoms with E-state index < -0.39 is 10.0 Å². The minimum atomic E-state index is -3.61. The topological polar surface area (TPSA) is 96.0 Å². The molecule has 2 aliphatic heterocycles. The molecule has 2 amide bonds. The lowest BCUT2D eigenvalue weighted by Gasteiger charge is -2.33. The van der Waals surface area contributed by atoms with Gasteiger partial charge in [0.1, 0.15) is 12.3 Å². The monoisotopic (exact) mass is 485 g/mol. The summed E-state index contributed by atoms with van der Waals surface area (Å²) in [7, 11) is -3.61. The summed E-state index contributed by atoms with van der Waals surface area (Å²) in [6, 6.07) is 12.0. The molecule has 2 aliphatic rings. The Morgan fingerprint density at radius 1 is 1.15 bits per heavy atom. The second-order valence-electron chi connectivity index (χ2n) is 8.71. The van der Waals surface area contributed by atoms with Crippen molar-refractivity contribution in [3.05, 3.63) is 48.0 Å². The van der Waals surface area contributed by atoms with Gasteiger partial charge < -0.3 is 15.0 Å². The molecule has 0 radical (unpaired) electrons. The van der Waals surface area contributed by atoms with Gasteiger partial charge in [-0.2, -0.15) is 4.31 Å². The van der Waals surface area contributed by atoms with Gasteiger partial charge in [-0.15, -0.1) is 0 Å². The normalized spacial score (nSPS) is 18.9. The van der Waals surface area contributed by atoms with E-state index >= 15 is 0 Å². The van der Waals surface area contributed by atoms with Crippen molar-refractivity contribution in [3.8, 4) is 5.75 Å². The van der Waals surface area contributed by atoms with Crippen molar-refractivity contribution >= 4 is 33.2 Å². The zero-order valence-electron chi connectivity index (χ0n) is 19.6. The van der Waals surface area contributed by atoms with Gasteiger partial charge in [0.25, 0.3) is 0 Å². The number of hydrogen-bond acceptors (Lipinski definition) is 5. The number of ether oxygens (including phenoxy) is 1. The zero-order chi connectivity index (χ0) is 24.3. The largest absolute Gasteiger partial charge is 0.492 e. The molecular formula is C25H31N3O5S. The fourth-order valence-electron chi connectivity index (χ4n) is 4.62. The lowest BCUT2D eigenvalue weighted by molar-refractivity contribution is -0.121. The molecule has 34 heavy (non-hydrogen) atoms. The van der Waals surface area contributed by atoms with E-state index in [9.17, 15) is 18.0 Å². The second kappa shape index (κ2) is 10.1. The minimum Gasteiger partial charge on any atom is -0.492 e. The van der Waals surface area contributed by atoms with E-state index in [0.29, 0.717) is 36.7 Å². The van der Waals surface area contributed by atoms with Crippen molar-refractivity contribution < 1.29 is 22.7 Å². The number of hydrogen-bond donors (Lipinski definition) is 1. The Morgan fingerprint density at radius 3 is 2.71 bits per heavy atom. The summed E-state index contributed by atoms with van der Waals surface area (Å²) in [4.78, 5) is 27.1. The predicted molar refractivity (Wildman–Crippen MR) is 131 cm³/mol. The number of sulfonamides is 1. The molecule has 2 aromatic rings. The number of carbonyl (C=O) groups excluding carboxylic acids is 2. The summed E-state index contributed by atoms with van der Waals surface area (Å²) in [5.41, 5.74) is 1.87. The maximum atomic E-state index is 13.3. The van der Waals surface area contributed by atoms with Crippen molar-refractivity contribution in [1.29, 1.82) is 0 Å². The highest BCUT2D eigenvalue weighted by Gasteiger charge is 2.33. The molecule has 1 unspecified atom stereocenters. The van der Waals surface area contributed by atoms with E-state index in [-0.39, 0.29) is 35.7 Å². The summed E-state index contributed by atoms with van der Waals surface area (Å²) < 4.78 is 33.7. The van der Waals surface area contributed by atoms with Crippen LogP contribution in [0.1, 0.15) is 45.1 Å². The van der Waals surface area contributed by atoms with Crippen molar-refractivity contribution in [2.75, 3.05) is 29.9 Å². The molecule has 0 spiro atoms. The smallest absolute Gasteiger partial charge is 0.244 e. The average Bonchev–Trinajstić information content (AvgIpc) is 2.82. The average molecular weight is 486 g/mol. The number of benzene rings is 2. The fraction of sp³-hybridized carbons (Fsp3) is 0.440. The fourth-order valence-corrected chi connectivity index (χ4v) is 6.37. The third-order valence-corrected chi connectivity index (χ3v) is 8.37. The molecule has 4 rings (SSSR count). The van der Waals surface area contributed by atoms with Gasteiger partial charge in [0.05, 0.1) is 17.2 Å². The van der Waals surface area contributed by atoms with E-state index in [0.717, 1.165) is 24.8 Å². The van der Waals surface area contributed by atoms with Crippen LogP contribution in [0.2, 0.25) is 0 Å². The summed E-state index contributed by atoms with van der Waals surface area (Å²) in [6.45, 7) is 4.63. The van der Waals surface area contributed by atoms with Crippen LogP contribution >= 0.6 is 0 Å². The summed E-state index contributed by atoms with van der Waals surface area (Å²) in [5, 5.41) is 2.82. The maximum Gasteiger partial charge on any atom is 0.244 e. The first-order valence-corrected chi connectivity index (χ1v) is 13.2. The van der Waals surface area contributed by atoms with Crippen LogP contribution in [0, 0.1) is 0 Å². The highest BCUT2D eigenvalue weighted by Crippen LogP contribution is 2.33. The highest BCUT2D eigenvalue weighted by atomic mass is 32.2. The Balaban J connectivity index is 1.54. The van der Waals surface area contributed by atoms with Gasteiger partial charge in [0, 0.05) is 24.7 Å². The first-order valence-electron chi connectivity index (χ1n) is 11.8. The molecule has 1 atom stereocenters. The molecular weight excluding hydrogens is 454 g/mol. The molecule has 1 N–H and O–H groups in total. The summed E-state index contributed by atoms with van der Waals surface area (Å²) >= 11 is 0. The van der Waals surface area contributed by atoms with Crippen molar-refractivity contribution in [2.45, 2.75) is 56.9 Å². The number of nitrogens with one attached hydrogen (secondary N) is 1. The Kier molecular flexibility index (Phi) is 7.23. The Hall–Kier alpha value is -2.91. The molecule has 1 saturated heterocycles. The van der Waals surface area contributed by atoms with Gasteiger partial charge in [-0.05, 0) is 69.0 Å². The van der Waals surface area contributed by atoms with Crippen LogP contribution in [0.15, 0.2) is 47.4 Å². The summed E-state index contributed by atoms with van der Waals surface area (Å²) in [5.74, 6) is 0.0405. The van der Waals surface area contributed by atoms with E-state index in [1.807, 2.05) is 19.9 Å². The van der Waals surface area contributed by atoms with E-state index in [2.05, 4.69) is 5.32 Å².